The Bertz CT molecular complexity index is 413. The number of nitrogens with zero attached hydrogens (tertiary/aromatic N) is 1. The molecule has 4 nitrogen and oxygen atoms in total. The summed E-state index contributed by atoms with van der Waals surface area (Å²) < 4.78 is 5.04. The van der Waals surface area contributed by atoms with Crippen LogP contribution < -0.4 is 4.90 Å². The largest absolute Gasteiger partial charge is 0.462 e. The van der Waals surface area contributed by atoms with Gasteiger partial charge in [-0.25, -0.2) is 4.79 Å². The summed E-state index contributed by atoms with van der Waals surface area (Å²) in [5, 5.41) is 0. The Morgan fingerprint density at radius 3 is 2.65 bits per heavy atom. The van der Waals surface area contributed by atoms with Gasteiger partial charge in [-0.2, -0.15) is 0 Å². The molecule has 0 fully saturated rings. The molecule has 0 N–H and O–H groups in total. The van der Waals surface area contributed by atoms with Gasteiger partial charge in [0.1, 0.15) is 0 Å². The van der Waals surface area contributed by atoms with E-state index < -0.39 is 5.97 Å². The Kier molecular flexibility index (Phi) is 4.69. The molecule has 1 aromatic carbocycles. The Balaban J connectivity index is 3.05. The monoisotopic (exact) mass is 235 g/mol. The number of benzene rings is 1. The fraction of sp³-hybridized carbons (Fsp3) is 0.385. The van der Waals surface area contributed by atoms with E-state index in [-0.39, 0.29) is 0 Å². The third-order valence-electron chi connectivity index (χ3n) is 2.34. The van der Waals surface area contributed by atoms with Gasteiger partial charge in [-0.3, -0.25) is 4.79 Å². The van der Waals surface area contributed by atoms with Crippen LogP contribution >= 0.6 is 0 Å². The number of carbonyl (C=O) groups excluding carboxylic acids is 2. The fourth-order valence-corrected chi connectivity index (χ4v) is 1.37. The molecule has 0 saturated heterocycles. The summed E-state index contributed by atoms with van der Waals surface area (Å²) in [4.78, 5) is 24.5. The quantitative estimate of drug-likeness (QED) is 0.579. The lowest BCUT2D eigenvalue weighted by atomic mass is 10.1. The van der Waals surface area contributed by atoms with Crippen LogP contribution in [0.2, 0.25) is 0 Å². The highest BCUT2D eigenvalue weighted by Crippen LogP contribution is 2.18. The molecule has 0 amide bonds. The zero-order valence-electron chi connectivity index (χ0n) is 10.4. The van der Waals surface area contributed by atoms with Crippen molar-refractivity contribution in [3.63, 3.8) is 0 Å². The van der Waals surface area contributed by atoms with Gasteiger partial charge in [-0.15, -0.1) is 0 Å². The van der Waals surface area contributed by atoms with Crippen LogP contribution in [0.3, 0.4) is 0 Å². The summed E-state index contributed by atoms with van der Waals surface area (Å²) in [5.41, 5.74) is 1.54. The third-order valence-corrected chi connectivity index (χ3v) is 2.34. The van der Waals surface area contributed by atoms with Crippen LogP contribution in [-0.2, 0) is 4.74 Å². The maximum Gasteiger partial charge on any atom is 0.338 e. The first-order chi connectivity index (χ1) is 8.10. The fourth-order valence-electron chi connectivity index (χ4n) is 1.37. The van der Waals surface area contributed by atoms with Crippen LogP contribution in [0.25, 0.3) is 0 Å². The van der Waals surface area contributed by atoms with Crippen molar-refractivity contribution in [1.29, 1.82) is 0 Å². The van der Waals surface area contributed by atoms with Crippen molar-refractivity contribution < 1.29 is 14.3 Å². The van der Waals surface area contributed by atoms with E-state index in [1.165, 1.54) is 0 Å². The number of anilines is 1. The van der Waals surface area contributed by atoms with Gasteiger partial charge < -0.3 is 9.64 Å². The molecular formula is C13H17NO3. The first-order valence-corrected chi connectivity index (χ1v) is 5.53. The molecule has 1 rings (SSSR count). The first kappa shape index (κ1) is 13.2. The smallest absolute Gasteiger partial charge is 0.338 e. The van der Waals surface area contributed by atoms with E-state index >= 15 is 0 Å². The Morgan fingerprint density at radius 1 is 1.41 bits per heavy atom. The molecule has 0 radical (unpaired) electrons. The lowest BCUT2D eigenvalue weighted by molar-refractivity contribution is 0.0503. The van der Waals surface area contributed by atoms with E-state index in [4.69, 9.17) is 4.74 Å². The molecule has 92 valence electrons. The van der Waals surface area contributed by atoms with Gasteiger partial charge in [0.15, 0.2) is 6.29 Å². The van der Waals surface area contributed by atoms with Crippen LogP contribution in [0.15, 0.2) is 18.2 Å². The molecule has 0 aliphatic heterocycles. The second-order valence-corrected chi connectivity index (χ2v) is 3.92. The van der Waals surface area contributed by atoms with Crippen molar-refractivity contribution in [2.45, 2.75) is 13.3 Å². The third kappa shape index (κ3) is 3.31. The zero-order chi connectivity index (χ0) is 12.8. The molecule has 0 bridgehead atoms. The number of carbonyl (C=O) groups is 2. The Morgan fingerprint density at radius 2 is 2.12 bits per heavy atom. The van der Waals surface area contributed by atoms with Gasteiger partial charge in [0.05, 0.1) is 12.2 Å². The summed E-state index contributed by atoms with van der Waals surface area (Å²) in [5.74, 6) is -0.447. The number of esters is 1. The van der Waals surface area contributed by atoms with Crippen LogP contribution in [-0.4, -0.2) is 33.0 Å². The van der Waals surface area contributed by atoms with Gasteiger partial charge in [0.2, 0.25) is 0 Å². The number of hydrogen-bond acceptors (Lipinski definition) is 4. The summed E-state index contributed by atoms with van der Waals surface area (Å²) in [6.07, 6.45) is 1.43. The maximum atomic E-state index is 11.8. The minimum Gasteiger partial charge on any atom is -0.462 e. The van der Waals surface area contributed by atoms with Crippen molar-refractivity contribution >= 4 is 17.9 Å². The number of hydrogen-bond donors (Lipinski definition) is 0. The van der Waals surface area contributed by atoms with E-state index in [0.717, 1.165) is 12.1 Å². The second-order valence-electron chi connectivity index (χ2n) is 3.92. The average molecular weight is 235 g/mol. The van der Waals surface area contributed by atoms with E-state index in [0.29, 0.717) is 24.0 Å². The second kappa shape index (κ2) is 6.03. The average Bonchev–Trinajstić information content (AvgIpc) is 2.34. The highest BCUT2D eigenvalue weighted by molar-refractivity contribution is 5.99. The molecular weight excluding hydrogens is 218 g/mol. The van der Waals surface area contributed by atoms with Crippen LogP contribution in [0.1, 0.15) is 34.1 Å². The van der Waals surface area contributed by atoms with Crippen molar-refractivity contribution in [2.24, 2.45) is 0 Å². The van der Waals surface area contributed by atoms with E-state index in [2.05, 4.69) is 0 Å². The predicted octanol–water partition coefficient (Wildman–Crippen LogP) is 2.13. The summed E-state index contributed by atoms with van der Waals surface area (Å²) >= 11 is 0. The minimum absolute atomic E-state index is 0.319. The standard InChI is InChI=1S/C13H17NO3/c1-4-7-17-13(16)12-8-11(14(2)3)6-5-10(12)9-15/h5-6,8-9H,4,7H2,1-3H3. The molecule has 0 aromatic heterocycles. The maximum absolute atomic E-state index is 11.8. The minimum atomic E-state index is -0.447. The van der Waals surface area contributed by atoms with Crippen molar-refractivity contribution in [1.82, 2.24) is 0 Å². The molecule has 0 heterocycles. The van der Waals surface area contributed by atoms with Crippen molar-refractivity contribution in [2.75, 3.05) is 25.6 Å². The summed E-state index contributed by atoms with van der Waals surface area (Å²) in [6, 6.07) is 5.09. The van der Waals surface area contributed by atoms with Gasteiger partial charge >= 0.3 is 5.97 Å². The molecule has 0 unspecified atom stereocenters. The zero-order valence-corrected chi connectivity index (χ0v) is 10.4. The van der Waals surface area contributed by atoms with Crippen molar-refractivity contribution in [3.05, 3.63) is 29.3 Å². The Labute approximate surface area is 101 Å². The van der Waals surface area contributed by atoms with E-state index in [9.17, 15) is 9.59 Å². The van der Waals surface area contributed by atoms with Crippen LogP contribution in [0, 0.1) is 0 Å². The summed E-state index contributed by atoms with van der Waals surface area (Å²) in [7, 11) is 3.74. The molecule has 0 aliphatic carbocycles. The Hall–Kier alpha value is -1.84. The van der Waals surface area contributed by atoms with Crippen molar-refractivity contribution in [3.8, 4) is 0 Å². The molecule has 0 aliphatic rings. The lowest BCUT2D eigenvalue weighted by Crippen LogP contribution is -2.13. The normalized spacial score (nSPS) is 9.82. The number of ether oxygens (including phenoxy) is 1. The van der Waals surface area contributed by atoms with Crippen LogP contribution in [0.5, 0.6) is 0 Å². The predicted molar refractivity (Wildman–Crippen MR) is 66.7 cm³/mol. The molecule has 0 saturated carbocycles. The molecule has 1 aromatic rings. The SMILES string of the molecule is CCCOC(=O)c1cc(N(C)C)ccc1C=O. The van der Waals surface area contributed by atoms with Gasteiger partial charge in [0, 0.05) is 25.3 Å². The van der Waals surface area contributed by atoms with E-state index in [1.807, 2.05) is 25.9 Å². The highest BCUT2D eigenvalue weighted by atomic mass is 16.5. The van der Waals surface area contributed by atoms with E-state index in [1.54, 1.807) is 18.2 Å². The number of aldehydes is 1. The van der Waals surface area contributed by atoms with Gasteiger partial charge in [0.25, 0.3) is 0 Å². The highest BCUT2D eigenvalue weighted by Gasteiger charge is 2.13. The molecule has 17 heavy (non-hydrogen) atoms. The lowest BCUT2D eigenvalue weighted by Gasteiger charge is -2.14. The van der Waals surface area contributed by atoms with Gasteiger partial charge in [-0.1, -0.05) is 6.92 Å². The molecule has 0 atom stereocenters. The molecule has 4 heteroatoms. The first-order valence-electron chi connectivity index (χ1n) is 5.53. The molecule has 0 spiro atoms. The topological polar surface area (TPSA) is 46.6 Å². The van der Waals surface area contributed by atoms with Gasteiger partial charge in [-0.05, 0) is 24.6 Å². The number of rotatable bonds is 5. The van der Waals surface area contributed by atoms with Crippen LogP contribution in [0.4, 0.5) is 5.69 Å². The summed E-state index contributed by atoms with van der Waals surface area (Å²) in [6.45, 7) is 2.29.